The van der Waals surface area contributed by atoms with Crippen LogP contribution >= 0.6 is 0 Å². The monoisotopic (exact) mass is 783 g/mol. The number of anilines is 1. The molecule has 2 aliphatic carbocycles. The van der Waals surface area contributed by atoms with Gasteiger partial charge in [0.25, 0.3) is 5.91 Å². The topological polar surface area (TPSA) is 132 Å². The van der Waals surface area contributed by atoms with Crippen LogP contribution in [0.3, 0.4) is 0 Å². The fourth-order valence-corrected chi connectivity index (χ4v) is 11.5. The quantitative estimate of drug-likeness (QED) is 0.237. The summed E-state index contributed by atoms with van der Waals surface area (Å²) in [7, 11) is -0.529. The third-order valence-corrected chi connectivity index (χ3v) is 14.7. The van der Waals surface area contributed by atoms with Gasteiger partial charge < -0.3 is 28.6 Å². The zero-order chi connectivity index (χ0) is 39.2. The van der Waals surface area contributed by atoms with E-state index in [0.29, 0.717) is 55.0 Å². The van der Waals surface area contributed by atoms with Crippen LogP contribution in [0.25, 0.3) is 0 Å². The fraction of sp³-hybridized carbons (Fsp3) is 0.512. The number of rotatable bonds is 3. The number of urea groups is 1. The third-order valence-electron chi connectivity index (χ3n) is 12.7. The van der Waals surface area contributed by atoms with Gasteiger partial charge in [0.1, 0.15) is 15.7 Å². The second kappa shape index (κ2) is 15.4. The van der Waals surface area contributed by atoms with Crippen LogP contribution in [-0.2, 0) is 44.3 Å². The molecule has 13 heteroatoms. The maximum absolute atomic E-state index is 14.8. The Morgan fingerprint density at radius 2 is 1.95 bits per heavy atom. The standard InChI is InChI=1S/C43H53N5O7S/c1-28-10-14-35-30(21-28)8-6-17-43(35)26-48-23-32-11-13-33(32)38(53-3)9-5-7-29(2)25-56(52,44-40(49)31-12-15-39(55-27-43)36(48)22-31)45-42(51)47-20-19-46-18-16-34(37(46)24-47)41(50)54-4/h5,9-10,12,14-16,18,21-22,29,32-33,38H,6-8,11,13,17,19-20,23-27H2,1-4H3,(H,44,45,49,51,52)/b9-5+/t29-,32-,33+,38-,43-,56?/m0/s1. The van der Waals surface area contributed by atoms with Crippen molar-refractivity contribution < 1.29 is 32.8 Å². The van der Waals surface area contributed by atoms with Gasteiger partial charge in [0.15, 0.2) is 0 Å². The van der Waals surface area contributed by atoms with E-state index in [1.165, 1.54) is 28.7 Å². The normalized spacial score (nSPS) is 29.3. The van der Waals surface area contributed by atoms with E-state index in [-0.39, 0.29) is 35.3 Å². The first kappa shape index (κ1) is 38.3. The van der Waals surface area contributed by atoms with Gasteiger partial charge >= 0.3 is 12.0 Å². The number of fused-ring (bicyclic) bond motifs is 5. The molecule has 3 amide bonds. The minimum Gasteiger partial charge on any atom is -0.490 e. The van der Waals surface area contributed by atoms with E-state index >= 15 is 0 Å². The van der Waals surface area contributed by atoms with Crippen molar-refractivity contribution in [3.8, 4) is 5.75 Å². The number of amides is 3. The summed E-state index contributed by atoms with van der Waals surface area (Å²) in [6.45, 7) is 7.02. The number of hydrogen-bond donors (Lipinski definition) is 1. The second-order valence-corrected chi connectivity index (χ2v) is 18.5. The summed E-state index contributed by atoms with van der Waals surface area (Å²) in [5.74, 6) is 0.0633. The number of benzene rings is 2. The lowest BCUT2D eigenvalue weighted by Gasteiger charge is -2.46. The summed E-state index contributed by atoms with van der Waals surface area (Å²) >= 11 is 0. The van der Waals surface area contributed by atoms with Gasteiger partial charge in [-0.1, -0.05) is 42.8 Å². The Kier molecular flexibility index (Phi) is 10.5. The molecule has 298 valence electrons. The molecule has 3 aromatic rings. The number of methoxy groups -OCH3 is 2. The number of nitrogens with zero attached hydrogens (tertiary/aromatic N) is 4. The van der Waals surface area contributed by atoms with E-state index in [1.807, 2.05) is 23.6 Å². The number of esters is 1. The number of hydrogen-bond acceptors (Lipinski definition) is 8. The van der Waals surface area contributed by atoms with E-state index in [4.69, 9.17) is 14.2 Å². The Morgan fingerprint density at radius 3 is 2.73 bits per heavy atom. The number of aromatic nitrogens is 1. The van der Waals surface area contributed by atoms with Crippen LogP contribution in [0.5, 0.6) is 5.75 Å². The molecule has 8 rings (SSSR count). The summed E-state index contributed by atoms with van der Waals surface area (Å²) < 4.78 is 41.5. The van der Waals surface area contributed by atoms with Crippen molar-refractivity contribution in [1.82, 2.24) is 14.2 Å². The number of carbonyl (C=O) groups is 3. The molecule has 1 saturated carbocycles. The minimum absolute atomic E-state index is 0.0300. The van der Waals surface area contributed by atoms with Crippen LogP contribution in [-0.4, -0.2) is 83.9 Å². The van der Waals surface area contributed by atoms with Gasteiger partial charge in [0.2, 0.25) is 0 Å². The fourth-order valence-electron chi connectivity index (χ4n) is 9.58. The van der Waals surface area contributed by atoms with Gasteiger partial charge in [-0.05, 0) is 98.6 Å². The van der Waals surface area contributed by atoms with Crippen molar-refractivity contribution in [2.75, 3.05) is 51.1 Å². The lowest BCUT2D eigenvalue weighted by Crippen LogP contribution is -2.49. The molecule has 6 atom stereocenters. The van der Waals surface area contributed by atoms with E-state index in [0.717, 1.165) is 50.9 Å². The molecule has 4 heterocycles. The molecule has 0 radical (unpaired) electrons. The lowest BCUT2D eigenvalue weighted by molar-refractivity contribution is 0.0131. The highest BCUT2D eigenvalue weighted by atomic mass is 32.2. The van der Waals surface area contributed by atoms with E-state index in [1.54, 1.807) is 25.4 Å². The van der Waals surface area contributed by atoms with E-state index in [9.17, 15) is 18.6 Å². The van der Waals surface area contributed by atoms with Crippen molar-refractivity contribution in [3.05, 3.63) is 94.3 Å². The first-order valence-corrected chi connectivity index (χ1v) is 21.6. The van der Waals surface area contributed by atoms with Gasteiger partial charge in [-0.2, -0.15) is 0 Å². The first-order chi connectivity index (χ1) is 27.0. The molecule has 5 aliphatic rings. The molecule has 1 N–H and O–H groups in total. The third kappa shape index (κ3) is 7.35. The molecule has 1 aromatic heterocycles. The van der Waals surface area contributed by atoms with Crippen LogP contribution < -0.4 is 14.4 Å². The summed E-state index contributed by atoms with van der Waals surface area (Å²) in [6.07, 6.45) is 11.8. The number of carbonyl (C=O) groups excluding carboxylic acids is 3. The number of aryl methyl sites for hydroxylation is 2. The largest absolute Gasteiger partial charge is 0.490 e. The van der Waals surface area contributed by atoms with Crippen LogP contribution in [0, 0.1) is 24.7 Å². The number of allylic oxidation sites excluding steroid dienone is 1. The Hall–Kier alpha value is -4.62. The van der Waals surface area contributed by atoms with Crippen molar-refractivity contribution in [1.29, 1.82) is 0 Å². The Balaban J connectivity index is 1.15. The van der Waals surface area contributed by atoms with E-state index in [2.05, 4.69) is 51.3 Å². The zero-order valence-electron chi connectivity index (χ0n) is 32.8. The highest BCUT2D eigenvalue weighted by Gasteiger charge is 2.44. The predicted octanol–water partition coefficient (Wildman–Crippen LogP) is 6.44. The molecular weight excluding hydrogens is 731 g/mol. The molecule has 1 spiro atoms. The van der Waals surface area contributed by atoms with Gasteiger partial charge in [0.05, 0.1) is 49.1 Å². The highest BCUT2D eigenvalue weighted by Crippen LogP contribution is 2.47. The molecule has 0 saturated heterocycles. The molecule has 2 aromatic carbocycles. The molecule has 56 heavy (non-hydrogen) atoms. The van der Waals surface area contributed by atoms with Crippen LogP contribution in [0.2, 0.25) is 0 Å². The molecular formula is C43H53N5O7S. The second-order valence-electron chi connectivity index (χ2n) is 16.5. The first-order valence-electron chi connectivity index (χ1n) is 19.9. The van der Waals surface area contributed by atoms with Crippen LogP contribution in [0.4, 0.5) is 10.5 Å². The molecule has 2 bridgehead atoms. The van der Waals surface area contributed by atoms with Gasteiger partial charge in [-0.15, -0.1) is 4.36 Å². The summed E-state index contributed by atoms with van der Waals surface area (Å²) in [5, 5.41) is 0. The van der Waals surface area contributed by atoms with E-state index < -0.39 is 27.8 Å². The van der Waals surface area contributed by atoms with Gasteiger partial charge in [0, 0.05) is 50.5 Å². The molecule has 1 fully saturated rings. The molecule has 12 nitrogen and oxygen atoms in total. The average Bonchev–Trinajstić information content (AvgIpc) is 3.53. The summed E-state index contributed by atoms with van der Waals surface area (Å²) in [5.41, 5.74) is 5.87. The lowest BCUT2D eigenvalue weighted by atomic mass is 9.68. The molecule has 1 unspecified atom stereocenters. The maximum Gasteiger partial charge on any atom is 0.339 e. The van der Waals surface area contributed by atoms with Crippen LogP contribution in [0.1, 0.15) is 82.1 Å². The van der Waals surface area contributed by atoms with Crippen molar-refractivity contribution in [2.24, 2.45) is 22.1 Å². The van der Waals surface area contributed by atoms with Crippen molar-refractivity contribution in [2.45, 2.75) is 77.0 Å². The van der Waals surface area contributed by atoms with Gasteiger partial charge in [-0.25, -0.2) is 13.8 Å². The Labute approximate surface area is 329 Å². The summed E-state index contributed by atoms with van der Waals surface area (Å²) in [4.78, 5) is 44.4. The number of nitrogens with one attached hydrogen (secondary N) is 1. The Bertz CT molecular complexity index is 2190. The maximum atomic E-state index is 14.8. The van der Waals surface area contributed by atoms with Gasteiger partial charge in [-0.3, -0.25) is 9.52 Å². The van der Waals surface area contributed by atoms with Crippen molar-refractivity contribution in [3.63, 3.8) is 0 Å². The van der Waals surface area contributed by atoms with Crippen LogP contribution in [0.15, 0.2) is 65.2 Å². The number of ether oxygens (including phenoxy) is 3. The Morgan fingerprint density at radius 1 is 1.09 bits per heavy atom. The SMILES string of the molecule is COC(=O)c1ccn2c1CN(C(=O)NS1(=O)=NC(=O)c3ccc4c(c3)N(C[C@@H]3CC[C@H]3[C@@H](OC)/C=C/C[C@H](C)C1)C[C@@]1(CCCc3cc(C)ccc31)CO4)CC2. The highest BCUT2D eigenvalue weighted by molar-refractivity contribution is 7.92. The smallest absolute Gasteiger partial charge is 0.339 e. The zero-order valence-corrected chi connectivity index (χ0v) is 33.6. The summed E-state index contributed by atoms with van der Waals surface area (Å²) in [6, 6.07) is 13.2. The van der Waals surface area contributed by atoms with Crippen molar-refractivity contribution >= 4 is 33.5 Å². The predicted molar refractivity (Wildman–Crippen MR) is 214 cm³/mol. The minimum atomic E-state index is -3.61. The average molecular weight is 784 g/mol. The molecule has 3 aliphatic heterocycles.